The lowest BCUT2D eigenvalue weighted by Gasteiger charge is -2.09. The number of aliphatic carboxylic acids is 1. The Balaban J connectivity index is 2.59. The van der Waals surface area contributed by atoms with Crippen molar-refractivity contribution in [3.05, 3.63) is 42.0 Å². The highest BCUT2D eigenvalue weighted by molar-refractivity contribution is 7.99. The van der Waals surface area contributed by atoms with E-state index >= 15 is 0 Å². The van der Waals surface area contributed by atoms with Crippen molar-refractivity contribution < 1.29 is 14.6 Å². The fraction of sp³-hybridized carbons (Fsp3) is 0.357. The molecule has 0 amide bonds. The molecule has 0 spiro atoms. The number of thioether (sulfide) groups is 1. The highest BCUT2D eigenvalue weighted by atomic mass is 32.2. The maximum absolute atomic E-state index is 10.4. The molecular formula is C14H18O3S. The van der Waals surface area contributed by atoms with Gasteiger partial charge in [0.25, 0.3) is 0 Å². The fourth-order valence-electron chi connectivity index (χ4n) is 1.63. The van der Waals surface area contributed by atoms with E-state index in [2.05, 4.69) is 12.6 Å². The van der Waals surface area contributed by atoms with Crippen molar-refractivity contribution in [3.63, 3.8) is 0 Å². The average molecular weight is 266 g/mol. The van der Waals surface area contributed by atoms with Gasteiger partial charge in [-0.1, -0.05) is 18.2 Å². The second kappa shape index (κ2) is 7.82. The van der Waals surface area contributed by atoms with Gasteiger partial charge in [0.15, 0.2) is 0 Å². The molecule has 1 aromatic rings. The van der Waals surface area contributed by atoms with Crippen LogP contribution in [-0.2, 0) is 17.6 Å². The minimum atomic E-state index is -0.770. The van der Waals surface area contributed by atoms with Crippen LogP contribution in [0.2, 0.25) is 0 Å². The summed E-state index contributed by atoms with van der Waals surface area (Å²) < 4.78 is 5.35. The zero-order valence-electron chi connectivity index (χ0n) is 10.5. The Morgan fingerprint density at radius 1 is 1.56 bits per heavy atom. The van der Waals surface area contributed by atoms with Crippen LogP contribution in [0.25, 0.3) is 0 Å². The minimum Gasteiger partial charge on any atom is -0.496 e. The molecule has 0 radical (unpaired) electrons. The average Bonchev–Trinajstić information content (AvgIpc) is 2.35. The van der Waals surface area contributed by atoms with Gasteiger partial charge in [0.2, 0.25) is 0 Å². The van der Waals surface area contributed by atoms with E-state index in [1.54, 1.807) is 7.11 Å². The number of hydrogen-bond acceptors (Lipinski definition) is 3. The van der Waals surface area contributed by atoms with Gasteiger partial charge in [-0.25, -0.2) is 0 Å². The van der Waals surface area contributed by atoms with Crippen LogP contribution in [0.15, 0.2) is 30.9 Å². The standard InChI is InChI=1S/C14H18O3S/c1-3-4-11-5-6-12(13(9-11)17-2)7-8-18-10-14(15)16/h3,5-6,9H,1,4,7-8,10H2,2H3,(H,15,16). The third-order valence-corrected chi connectivity index (χ3v) is 3.42. The lowest BCUT2D eigenvalue weighted by molar-refractivity contribution is -0.133. The van der Waals surface area contributed by atoms with Crippen LogP contribution in [0.4, 0.5) is 0 Å². The van der Waals surface area contributed by atoms with E-state index in [-0.39, 0.29) is 5.75 Å². The Labute approximate surface area is 112 Å². The highest BCUT2D eigenvalue weighted by Gasteiger charge is 2.05. The predicted octanol–water partition coefficient (Wildman–Crippen LogP) is 2.78. The third kappa shape index (κ3) is 4.84. The first kappa shape index (κ1) is 14.6. The number of rotatable bonds is 8. The summed E-state index contributed by atoms with van der Waals surface area (Å²) in [4.78, 5) is 10.4. The van der Waals surface area contributed by atoms with Gasteiger partial charge >= 0.3 is 5.97 Å². The topological polar surface area (TPSA) is 46.5 Å². The molecule has 1 aromatic carbocycles. The summed E-state index contributed by atoms with van der Waals surface area (Å²) in [6.07, 6.45) is 3.50. The van der Waals surface area contributed by atoms with E-state index in [0.29, 0.717) is 0 Å². The number of carboxylic acids is 1. The molecule has 0 fully saturated rings. The highest BCUT2D eigenvalue weighted by Crippen LogP contribution is 2.22. The molecule has 98 valence electrons. The summed E-state index contributed by atoms with van der Waals surface area (Å²) in [6.45, 7) is 3.71. The van der Waals surface area contributed by atoms with Crippen molar-refractivity contribution in [2.45, 2.75) is 12.8 Å². The predicted molar refractivity (Wildman–Crippen MR) is 75.6 cm³/mol. The van der Waals surface area contributed by atoms with Crippen molar-refractivity contribution >= 4 is 17.7 Å². The zero-order chi connectivity index (χ0) is 13.4. The van der Waals surface area contributed by atoms with Crippen LogP contribution < -0.4 is 4.74 Å². The van der Waals surface area contributed by atoms with Gasteiger partial charge in [-0.05, 0) is 35.8 Å². The van der Waals surface area contributed by atoms with Crippen LogP contribution in [0.5, 0.6) is 5.75 Å². The number of methoxy groups -OCH3 is 1. The summed E-state index contributed by atoms with van der Waals surface area (Å²) in [7, 11) is 1.65. The number of carbonyl (C=O) groups is 1. The van der Waals surface area contributed by atoms with E-state index < -0.39 is 5.97 Å². The van der Waals surface area contributed by atoms with Crippen LogP contribution >= 0.6 is 11.8 Å². The number of benzene rings is 1. The second-order valence-electron chi connectivity index (χ2n) is 3.84. The maximum Gasteiger partial charge on any atom is 0.313 e. The van der Waals surface area contributed by atoms with E-state index in [4.69, 9.17) is 9.84 Å². The summed E-state index contributed by atoms with van der Waals surface area (Å²) in [6, 6.07) is 6.11. The number of allylic oxidation sites excluding steroid dienone is 1. The first-order chi connectivity index (χ1) is 8.67. The quantitative estimate of drug-likeness (QED) is 0.580. The Bertz CT molecular complexity index is 416. The molecule has 1 rings (SSSR count). The second-order valence-corrected chi connectivity index (χ2v) is 4.94. The molecule has 0 atom stereocenters. The summed E-state index contributed by atoms with van der Waals surface area (Å²) in [5.74, 6) is 1.03. The van der Waals surface area contributed by atoms with Gasteiger partial charge in [-0.15, -0.1) is 18.3 Å². The SMILES string of the molecule is C=CCc1ccc(CCSCC(=O)O)c(OC)c1. The Morgan fingerprint density at radius 2 is 2.33 bits per heavy atom. The van der Waals surface area contributed by atoms with Crippen molar-refractivity contribution in [1.82, 2.24) is 0 Å². The van der Waals surface area contributed by atoms with Crippen LogP contribution in [-0.4, -0.2) is 29.7 Å². The molecule has 3 nitrogen and oxygen atoms in total. The molecule has 0 aliphatic rings. The minimum absolute atomic E-state index is 0.150. The molecule has 0 saturated heterocycles. The molecule has 0 aromatic heterocycles. The summed E-state index contributed by atoms with van der Waals surface area (Å²) in [5.41, 5.74) is 2.28. The van der Waals surface area contributed by atoms with E-state index in [9.17, 15) is 4.79 Å². The molecule has 0 bridgehead atoms. The van der Waals surface area contributed by atoms with Gasteiger partial charge in [-0.2, -0.15) is 0 Å². The molecule has 1 N–H and O–H groups in total. The maximum atomic E-state index is 10.4. The fourth-order valence-corrected chi connectivity index (χ4v) is 2.31. The van der Waals surface area contributed by atoms with Crippen molar-refractivity contribution in [2.75, 3.05) is 18.6 Å². The molecule has 18 heavy (non-hydrogen) atoms. The lowest BCUT2D eigenvalue weighted by Crippen LogP contribution is -2.01. The Morgan fingerprint density at radius 3 is 2.94 bits per heavy atom. The molecule has 0 unspecified atom stereocenters. The van der Waals surface area contributed by atoms with Gasteiger partial charge < -0.3 is 9.84 Å². The molecule has 0 saturated carbocycles. The monoisotopic (exact) mass is 266 g/mol. The Hall–Kier alpha value is -1.42. The van der Waals surface area contributed by atoms with E-state index in [0.717, 1.165) is 29.9 Å². The number of hydrogen-bond donors (Lipinski definition) is 1. The van der Waals surface area contributed by atoms with Gasteiger partial charge in [0.1, 0.15) is 5.75 Å². The first-order valence-electron chi connectivity index (χ1n) is 5.73. The smallest absolute Gasteiger partial charge is 0.313 e. The zero-order valence-corrected chi connectivity index (χ0v) is 11.3. The van der Waals surface area contributed by atoms with Crippen LogP contribution in [0.1, 0.15) is 11.1 Å². The van der Waals surface area contributed by atoms with Crippen LogP contribution in [0, 0.1) is 0 Å². The normalized spacial score (nSPS) is 10.1. The Kier molecular flexibility index (Phi) is 6.36. The number of ether oxygens (including phenoxy) is 1. The molecule has 0 aliphatic carbocycles. The van der Waals surface area contributed by atoms with E-state index in [1.165, 1.54) is 17.3 Å². The number of carboxylic acid groups (broad SMARTS) is 1. The molecule has 0 heterocycles. The van der Waals surface area contributed by atoms with Crippen molar-refractivity contribution in [3.8, 4) is 5.75 Å². The van der Waals surface area contributed by atoms with Crippen LogP contribution in [0.3, 0.4) is 0 Å². The first-order valence-corrected chi connectivity index (χ1v) is 6.89. The van der Waals surface area contributed by atoms with Crippen molar-refractivity contribution in [2.24, 2.45) is 0 Å². The van der Waals surface area contributed by atoms with Gasteiger partial charge in [0.05, 0.1) is 12.9 Å². The summed E-state index contributed by atoms with van der Waals surface area (Å²) >= 11 is 1.42. The molecule has 4 heteroatoms. The molecular weight excluding hydrogens is 248 g/mol. The van der Waals surface area contributed by atoms with Gasteiger partial charge in [0, 0.05) is 0 Å². The number of aryl methyl sites for hydroxylation is 1. The lowest BCUT2D eigenvalue weighted by atomic mass is 10.1. The van der Waals surface area contributed by atoms with E-state index in [1.807, 2.05) is 18.2 Å². The third-order valence-electron chi connectivity index (χ3n) is 2.47. The van der Waals surface area contributed by atoms with Crippen molar-refractivity contribution in [1.29, 1.82) is 0 Å². The largest absolute Gasteiger partial charge is 0.496 e. The summed E-state index contributed by atoms with van der Waals surface area (Å²) in [5, 5.41) is 8.55. The molecule has 0 aliphatic heterocycles. The van der Waals surface area contributed by atoms with Gasteiger partial charge in [-0.3, -0.25) is 4.79 Å².